The van der Waals surface area contributed by atoms with Gasteiger partial charge in [0.1, 0.15) is 8.42 Å². The van der Waals surface area contributed by atoms with E-state index >= 15 is 0 Å². The molecule has 0 fully saturated rings. The Morgan fingerprint density at radius 1 is 1.03 bits per heavy atom. The van der Waals surface area contributed by atoms with Gasteiger partial charge < -0.3 is 0 Å². The number of aromatic nitrogens is 1. The Labute approximate surface area is 190 Å². The molecule has 1 heterocycles. The van der Waals surface area contributed by atoms with Crippen LogP contribution >= 0.6 is 0 Å². The van der Waals surface area contributed by atoms with Crippen LogP contribution in [0.15, 0.2) is 36.5 Å². The number of allylic oxidation sites excluding steroid dienone is 1. The maximum Gasteiger partial charge on any atom is 0.389 e. The lowest BCUT2D eigenvalue weighted by Crippen LogP contribution is -2.32. The third-order valence-electron chi connectivity index (χ3n) is 6.47. The van der Waals surface area contributed by atoms with Crippen LogP contribution < -0.4 is 4.57 Å². The van der Waals surface area contributed by atoms with Gasteiger partial charge in [0.25, 0.3) is 0 Å². The third kappa shape index (κ3) is 4.07. The Morgan fingerprint density at radius 2 is 1.75 bits per heavy atom. The number of benzene rings is 2. The summed E-state index contributed by atoms with van der Waals surface area (Å²) in [6, 6.07) is 9.97. The van der Waals surface area contributed by atoms with Gasteiger partial charge in [0, 0.05) is 12.5 Å². The van der Waals surface area contributed by atoms with E-state index in [4.69, 9.17) is 1.37 Å². The Hall–Kier alpha value is -2.62. The van der Waals surface area contributed by atoms with Crippen molar-refractivity contribution in [3.05, 3.63) is 75.6 Å². The molecule has 0 unspecified atom stereocenters. The molecular weight excluding hydrogens is 407 g/mol. The fourth-order valence-corrected chi connectivity index (χ4v) is 4.95. The molecular formula is C28H31F3N+. The van der Waals surface area contributed by atoms with Crippen molar-refractivity contribution in [1.29, 1.82) is 0 Å². The van der Waals surface area contributed by atoms with E-state index in [1.165, 1.54) is 22.3 Å². The van der Waals surface area contributed by atoms with Crippen LogP contribution in [-0.2, 0) is 13.5 Å². The molecule has 3 aromatic rings. The van der Waals surface area contributed by atoms with Gasteiger partial charge in [0.2, 0.25) is 5.69 Å². The van der Waals surface area contributed by atoms with E-state index in [-0.39, 0.29) is 6.42 Å². The quantitative estimate of drug-likeness (QED) is 0.365. The highest BCUT2D eigenvalue weighted by Crippen LogP contribution is 2.47. The monoisotopic (exact) mass is 439 g/mol. The lowest BCUT2D eigenvalue weighted by Gasteiger charge is -2.15. The number of rotatable bonds is 5. The minimum Gasteiger partial charge on any atom is -0.200 e. The van der Waals surface area contributed by atoms with Gasteiger partial charge in [0.05, 0.1) is 11.0 Å². The number of hydrogen-bond acceptors (Lipinski definition) is 0. The van der Waals surface area contributed by atoms with E-state index in [0.29, 0.717) is 17.7 Å². The predicted octanol–water partition coefficient (Wildman–Crippen LogP) is 7.40. The Bertz CT molecular complexity index is 1300. The normalized spacial score (nSPS) is 14.1. The zero-order valence-corrected chi connectivity index (χ0v) is 19.7. The van der Waals surface area contributed by atoms with E-state index in [1.807, 2.05) is 23.7 Å². The molecule has 0 bridgehead atoms. The van der Waals surface area contributed by atoms with Gasteiger partial charge in [-0.15, -0.1) is 0 Å². The minimum atomic E-state index is -4.19. The van der Waals surface area contributed by atoms with Crippen LogP contribution in [0.4, 0.5) is 13.2 Å². The highest BCUT2D eigenvalue weighted by molar-refractivity contribution is 6.16. The standard InChI is InChI=1S/C28H31F3N/c1-16(2)11-23-24-15-20(7-9-28(29,30)31)14-21-8-10-32(6)27(25(21)24)26(23)22-13-17(3)12-18(4)19(22)5/h8,10,12-16H,7,9,11H2,1-6H3/q+1/i10D. The second kappa shape index (κ2) is 8.06. The maximum atomic E-state index is 13.0. The van der Waals surface area contributed by atoms with Crippen molar-refractivity contribution in [3.63, 3.8) is 0 Å². The lowest BCUT2D eigenvalue weighted by atomic mass is 9.88. The Balaban J connectivity index is 2.07. The summed E-state index contributed by atoms with van der Waals surface area (Å²) in [5, 5.41) is 1.90. The van der Waals surface area contributed by atoms with Gasteiger partial charge in [-0.05, 0) is 78.3 Å². The zero-order valence-electron chi connectivity index (χ0n) is 20.7. The highest BCUT2D eigenvalue weighted by atomic mass is 19.4. The first-order chi connectivity index (χ1) is 15.4. The molecule has 0 saturated carbocycles. The van der Waals surface area contributed by atoms with Crippen LogP contribution in [-0.4, -0.2) is 6.18 Å². The predicted molar refractivity (Wildman–Crippen MR) is 126 cm³/mol. The third-order valence-corrected chi connectivity index (χ3v) is 6.47. The van der Waals surface area contributed by atoms with Crippen molar-refractivity contribution in [2.45, 2.75) is 60.1 Å². The van der Waals surface area contributed by atoms with Crippen molar-refractivity contribution in [3.8, 4) is 0 Å². The number of nitrogens with zero attached hydrogens (tertiary/aromatic N) is 1. The van der Waals surface area contributed by atoms with Crippen LogP contribution in [0.5, 0.6) is 0 Å². The highest BCUT2D eigenvalue weighted by Gasteiger charge is 2.34. The fraction of sp³-hybridized carbons (Fsp3) is 0.393. The van der Waals surface area contributed by atoms with Gasteiger partial charge in [0.15, 0.2) is 6.17 Å². The summed E-state index contributed by atoms with van der Waals surface area (Å²) in [5.41, 5.74) is 9.73. The molecule has 1 aliphatic rings. The smallest absolute Gasteiger partial charge is 0.200 e. The molecule has 0 spiro atoms. The lowest BCUT2D eigenvalue weighted by molar-refractivity contribution is -0.672. The summed E-state index contributed by atoms with van der Waals surface area (Å²) in [6.45, 7) is 10.7. The number of aryl methyl sites for hydroxylation is 3. The van der Waals surface area contributed by atoms with Crippen molar-refractivity contribution < 1.29 is 19.1 Å². The molecule has 1 aromatic heterocycles. The topological polar surface area (TPSA) is 3.88 Å². The summed E-state index contributed by atoms with van der Waals surface area (Å²) in [5.74, 6) is 0.380. The van der Waals surface area contributed by atoms with E-state index in [2.05, 4.69) is 46.8 Å². The molecule has 0 N–H and O–H groups in total. The summed E-state index contributed by atoms with van der Waals surface area (Å²) in [6.07, 6.45) is -3.92. The molecule has 4 rings (SSSR count). The molecule has 0 amide bonds. The first kappa shape index (κ1) is 21.2. The molecule has 1 nitrogen and oxygen atoms in total. The SMILES string of the molecule is [2H]c1cc2cc(CCC(F)(F)F)cc3c2c([n+]1C)C(c1cc(C)cc(C)c1C)=C3CC(C)C. The number of hydrogen-bond donors (Lipinski definition) is 0. The molecule has 4 heteroatoms. The summed E-state index contributed by atoms with van der Waals surface area (Å²) >= 11 is 0. The van der Waals surface area contributed by atoms with E-state index < -0.39 is 12.6 Å². The first-order valence-corrected chi connectivity index (χ1v) is 11.2. The van der Waals surface area contributed by atoms with Crippen LogP contribution in [0.2, 0.25) is 0 Å². The number of halogens is 3. The van der Waals surface area contributed by atoms with E-state index in [0.717, 1.165) is 39.6 Å². The van der Waals surface area contributed by atoms with Crippen molar-refractivity contribution in [2.24, 2.45) is 13.0 Å². The van der Waals surface area contributed by atoms with Gasteiger partial charge in [-0.25, -0.2) is 4.57 Å². The van der Waals surface area contributed by atoms with Gasteiger partial charge >= 0.3 is 6.18 Å². The summed E-state index contributed by atoms with van der Waals surface area (Å²) in [7, 11) is 1.91. The van der Waals surface area contributed by atoms with E-state index in [9.17, 15) is 13.2 Å². The molecule has 0 atom stereocenters. The minimum absolute atomic E-state index is 0.0526. The molecule has 32 heavy (non-hydrogen) atoms. The Morgan fingerprint density at radius 3 is 2.41 bits per heavy atom. The summed E-state index contributed by atoms with van der Waals surface area (Å²) < 4.78 is 49.4. The molecule has 0 radical (unpaired) electrons. The van der Waals surface area contributed by atoms with Crippen LogP contribution in [0.25, 0.3) is 21.9 Å². The zero-order chi connectivity index (χ0) is 24.2. The molecule has 168 valence electrons. The fourth-order valence-electron chi connectivity index (χ4n) is 4.95. The van der Waals surface area contributed by atoms with Crippen LogP contribution in [0.1, 0.15) is 67.1 Å². The first-order valence-electron chi connectivity index (χ1n) is 11.7. The molecule has 1 aliphatic carbocycles. The summed E-state index contributed by atoms with van der Waals surface area (Å²) in [4.78, 5) is 0. The number of alkyl halides is 3. The van der Waals surface area contributed by atoms with Crippen molar-refractivity contribution in [2.75, 3.05) is 0 Å². The molecule has 0 aliphatic heterocycles. The average molecular weight is 440 g/mol. The van der Waals surface area contributed by atoms with Gasteiger partial charge in [-0.2, -0.15) is 13.2 Å². The second-order valence-electron chi connectivity index (χ2n) is 9.61. The molecule has 0 saturated heterocycles. The van der Waals surface area contributed by atoms with Crippen molar-refractivity contribution in [1.82, 2.24) is 0 Å². The van der Waals surface area contributed by atoms with E-state index in [1.54, 1.807) is 6.07 Å². The van der Waals surface area contributed by atoms with Crippen LogP contribution in [0, 0.1) is 26.7 Å². The Kier molecular flexibility index (Phi) is 5.35. The largest absolute Gasteiger partial charge is 0.389 e. The van der Waals surface area contributed by atoms with Gasteiger partial charge in [-0.3, -0.25) is 0 Å². The number of pyridine rings is 1. The average Bonchev–Trinajstić information content (AvgIpc) is 3.01. The van der Waals surface area contributed by atoms with Gasteiger partial charge in [-0.1, -0.05) is 43.7 Å². The van der Waals surface area contributed by atoms with Crippen LogP contribution in [0.3, 0.4) is 0 Å². The van der Waals surface area contributed by atoms with Crippen molar-refractivity contribution >= 4 is 21.9 Å². The maximum absolute atomic E-state index is 13.0. The molecule has 2 aromatic carbocycles. The second-order valence-corrected chi connectivity index (χ2v) is 9.61.